The van der Waals surface area contributed by atoms with E-state index in [0.29, 0.717) is 34.2 Å². The van der Waals surface area contributed by atoms with E-state index in [0.717, 1.165) is 36.6 Å². The van der Waals surface area contributed by atoms with E-state index in [2.05, 4.69) is 43.6 Å². The first-order valence-electron chi connectivity index (χ1n) is 10.7. The standard InChI is InChI=1S/C25H28N3O3/c1-5-28(6-2)12-13-31-15-10-11-16-18(14-15)25(3,4)23-21(22(16)29)20-17(24(26)30)8-7-9-19(20)27-23/h8-11,14,27H,5-6,12-13H2,1-4H3,(H2,26,30). The number of benzene rings is 2. The zero-order valence-electron chi connectivity index (χ0n) is 18.5. The average Bonchev–Trinajstić information content (AvgIpc) is 3.16. The van der Waals surface area contributed by atoms with Crippen LogP contribution in [-0.2, 0) is 5.41 Å². The summed E-state index contributed by atoms with van der Waals surface area (Å²) in [5.74, 6) is 0.0634. The van der Waals surface area contributed by atoms with Crippen LogP contribution in [0, 0.1) is 6.07 Å². The average molecular weight is 419 g/mol. The van der Waals surface area contributed by atoms with Crippen LogP contribution in [0.2, 0.25) is 0 Å². The number of nitrogens with zero attached hydrogens (tertiary/aromatic N) is 1. The van der Waals surface area contributed by atoms with Gasteiger partial charge in [0.15, 0.2) is 5.78 Å². The van der Waals surface area contributed by atoms with Crippen LogP contribution >= 0.6 is 0 Å². The highest BCUT2D eigenvalue weighted by Crippen LogP contribution is 2.45. The van der Waals surface area contributed by atoms with Gasteiger partial charge in [-0.2, -0.15) is 0 Å². The molecule has 3 N–H and O–H groups in total. The monoisotopic (exact) mass is 418 g/mol. The maximum Gasteiger partial charge on any atom is 0.249 e. The van der Waals surface area contributed by atoms with Gasteiger partial charge in [-0.05, 0) is 55.1 Å². The van der Waals surface area contributed by atoms with Gasteiger partial charge in [-0.3, -0.25) is 9.59 Å². The number of H-pyrrole nitrogens is 1. The Kier molecular flexibility index (Phi) is 5.35. The first-order valence-corrected chi connectivity index (χ1v) is 10.7. The molecule has 0 bridgehead atoms. The van der Waals surface area contributed by atoms with Crippen molar-refractivity contribution < 1.29 is 14.3 Å². The number of amides is 1. The molecule has 6 nitrogen and oxygen atoms in total. The topological polar surface area (TPSA) is 88.4 Å². The van der Waals surface area contributed by atoms with Crippen LogP contribution < -0.4 is 10.5 Å². The molecular weight excluding hydrogens is 390 g/mol. The number of carbonyl (C=O) groups excluding carboxylic acids is 2. The highest BCUT2D eigenvalue weighted by atomic mass is 16.5. The highest BCUT2D eigenvalue weighted by molar-refractivity contribution is 6.23. The number of carbonyl (C=O) groups is 2. The van der Waals surface area contributed by atoms with E-state index < -0.39 is 11.3 Å². The van der Waals surface area contributed by atoms with Crippen LogP contribution in [0.1, 0.15) is 65.2 Å². The molecule has 1 heterocycles. The van der Waals surface area contributed by atoms with Crippen LogP contribution in [0.25, 0.3) is 10.9 Å². The minimum absolute atomic E-state index is 0.112. The Labute approximate surface area is 182 Å². The molecule has 0 fully saturated rings. The number of rotatable bonds is 7. The van der Waals surface area contributed by atoms with Crippen LogP contribution in [0.15, 0.2) is 30.3 Å². The molecular formula is C25H28N3O3. The zero-order valence-corrected chi connectivity index (χ0v) is 18.5. The maximum atomic E-state index is 13.5. The second-order valence-electron chi connectivity index (χ2n) is 8.43. The molecule has 161 valence electrons. The van der Waals surface area contributed by atoms with E-state index in [1.807, 2.05) is 18.2 Å². The lowest BCUT2D eigenvalue weighted by molar-refractivity contribution is 0.100. The molecule has 0 saturated heterocycles. The Morgan fingerprint density at radius 1 is 1.23 bits per heavy atom. The van der Waals surface area contributed by atoms with Crippen molar-refractivity contribution >= 4 is 22.6 Å². The number of ether oxygens (including phenoxy) is 1. The number of aromatic nitrogens is 1. The van der Waals surface area contributed by atoms with Crippen molar-refractivity contribution in [3.05, 3.63) is 64.3 Å². The number of nitrogens with two attached hydrogens (primary N) is 1. The number of primary amides is 1. The Hall–Kier alpha value is -3.12. The number of ketones is 1. The van der Waals surface area contributed by atoms with E-state index in [9.17, 15) is 9.59 Å². The number of hydrogen-bond acceptors (Lipinski definition) is 4. The predicted molar refractivity (Wildman–Crippen MR) is 121 cm³/mol. The smallest absolute Gasteiger partial charge is 0.249 e. The molecule has 0 unspecified atom stereocenters. The molecule has 1 radical (unpaired) electrons. The second-order valence-corrected chi connectivity index (χ2v) is 8.43. The van der Waals surface area contributed by atoms with Crippen molar-refractivity contribution in [2.24, 2.45) is 5.73 Å². The van der Waals surface area contributed by atoms with E-state index in [1.165, 1.54) is 0 Å². The molecule has 0 spiro atoms. The van der Waals surface area contributed by atoms with Crippen molar-refractivity contribution in [1.29, 1.82) is 0 Å². The fourth-order valence-electron chi connectivity index (χ4n) is 4.51. The molecule has 0 atom stereocenters. The van der Waals surface area contributed by atoms with Crippen LogP contribution in [0.5, 0.6) is 5.75 Å². The van der Waals surface area contributed by atoms with Crippen LogP contribution in [0.4, 0.5) is 0 Å². The molecule has 0 aliphatic heterocycles. The summed E-state index contributed by atoms with van der Waals surface area (Å²) in [6.07, 6.45) is 0. The summed E-state index contributed by atoms with van der Waals surface area (Å²) >= 11 is 0. The second kappa shape index (κ2) is 7.85. The van der Waals surface area contributed by atoms with Crippen LogP contribution in [-0.4, -0.2) is 47.8 Å². The molecule has 31 heavy (non-hydrogen) atoms. The number of aromatic amines is 1. The van der Waals surface area contributed by atoms with Gasteiger partial charge < -0.3 is 20.4 Å². The number of nitrogens with one attached hydrogen (secondary N) is 1. The normalized spacial score (nSPS) is 14.5. The van der Waals surface area contributed by atoms with Gasteiger partial charge in [0.1, 0.15) is 12.4 Å². The Bertz CT molecular complexity index is 1170. The SMILES string of the molecule is CCN(CC)CCOc1ccc2c(c1)C(C)(C)c1[nH]c3c[c]cc(C(N)=O)c3c1C2=O. The van der Waals surface area contributed by atoms with Crippen molar-refractivity contribution in [3.8, 4) is 5.75 Å². The Balaban J connectivity index is 1.76. The minimum atomic E-state index is -0.572. The van der Waals surface area contributed by atoms with Crippen LogP contribution in [0.3, 0.4) is 0 Å². The molecule has 1 aliphatic rings. The molecule has 1 aromatic heterocycles. The highest BCUT2D eigenvalue weighted by Gasteiger charge is 2.40. The number of likely N-dealkylation sites (N-methyl/N-ethyl adjacent to an activating group) is 1. The van der Waals surface area contributed by atoms with Gasteiger partial charge >= 0.3 is 0 Å². The number of fused-ring (bicyclic) bond motifs is 4. The minimum Gasteiger partial charge on any atom is -0.492 e. The Morgan fingerprint density at radius 3 is 2.65 bits per heavy atom. The van der Waals surface area contributed by atoms with Crippen molar-refractivity contribution in [2.75, 3.05) is 26.2 Å². The summed E-state index contributed by atoms with van der Waals surface area (Å²) in [6, 6.07) is 11.9. The van der Waals surface area contributed by atoms with Gasteiger partial charge in [0, 0.05) is 39.7 Å². The molecule has 4 rings (SSSR count). The van der Waals surface area contributed by atoms with Crippen molar-refractivity contribution in [2.45, 2.75) is 33.1 Å². The lowest BCUT2D eigenvalue weighted by Gasteiger charge is -2.32. The lowest BCUT2D eigenvalue weighted by atomic mass is 9.71. The molecule has 2 aromatic carbocycles. The summed E-state index contributed by atoms with van der Waals surface area (Å²) < 4.78 is 6.00. The van der Waals surface area contributed by atoms with E-state index in [4.69, 9.17) is 10.5 Å². The largest absolute Gasteiger partial charge is 0.492 e. The van der Waals surface area contributed by atoms with E-state index in [-0.39, 0.29) is 5.78 Å². The van der Waals surface area contributed by atoms with E-state index in [1.54, 1.807) is 12.1 Å². The third kappa shape index (κ3) is 3.41. The van der Waals surface area contributed by atoms with Crippen molar-refractivity contribution in [1.82, 2.24) is 9.88 Å². The summed E-state index contributed by atoms with van der Waals surface area (Å²) in [5.41, 5.74) is 8.92. The third-order valence-electron chi connectivity index (χ3n) is 6.35. The molecule has 6 heteroatoms. The fourth-order valence-corrected chi connectivity index (χ4v) is 4.51. The van der Waals surface area contributed by atoms with E-state index >= 15 is 0 Å². The summed E-state index contributed by atoms with van der Waals surface area (Å²) in [6.45, 7) is 11.8. The Morgan fingerprint density at radius 2 is 1.97 bits per heavy atom. The summed E-state index contributed by atoms with van der Waals surface area (Å²) in [4.78, 5) is 31.2. The van der Waals surface area contributed by atoms with Crippen molar-refractivity contribution in [3.63, 3.8) is 0 Å². The van der Waals surface area contributed by atoms with Gasteiger partial charge in [0.25, 0.3) is 0 Å². The zero-order chi connectivity index (χ0) is 22.3. The van der Waals surface area contributed by atoms with Gasteiger partial charge in [-0.1, -0.05) is 27.7 Å². The fraction of sp³-hybridized carbons (Fsp3) is 0.360. The maximum absolute atomic E-state index is 13.5. The quantitative estimate of drug-likeness (QED) is 0.613. The molecule has 0 saturated carbocycles. The lowest BCUT2D eigenvalue weighted by Crippen LogP contribution is -2.31. The number of hydrogen-bond donors (Lipinski definition) is 2. The summed E-state index contributed by atoms with van der Waals surface area (Å²) in [7, 11) is 0. The predicted octanol–water partition coefficient (Wildman–Crippen LogP) is 3.66. The van der Waals surface area contributed by atoms with Gasteiger partial charge in [-0.15, -0.1) is 0 Å². The molecule has 1 amide bonds. The van der Waals surface area contributed by atoms with Gasteiger partial charge in [0.05, 0.1) is 5.56 Å². The first kappa shape index (κ1) is 21.1. The molecule has 1 aliphatic carbocycles. The van der Waals surface area contributed by atoms with Gasteiger partial charge in [-0.25, -0.2) is 0 Å². The summed E-state index contributed by atoms with van der Waals surface area (Å²) in [5, 5.41) is 0.574. The third-order valence-corrected chi connectivity index (χ3v) is 6.35. The molecule has 3 aromatic rings. The first-order chi connectivity index (χ1) is 14.8. The van der Waals surface area contributed by atoms with Gasteiger partial charge in [0.2, 0.25) is 5.91 Å².